The van der Waals surface area contributed by atoms with Crippen LogP contribution in [0.2, 0.25) is 0 Å². The first-order valence-electron chi connectivity index (χ1n) is 5.76. The molecule has 1 atom stereocenters. The van der Waals surface area contributed by atoms with E-state index in [2.05, 4.69) is 39.2 Å². The van der Waals surface area contributed by atoms with Gasteiger partial charge in [0.05, 0.1) is 0 Å². The van der Waals surface area contributed by atoms with Crippen LogP contribution in [0.15, 0.2) is 17.5 Å². The average Bonchev–Trinajstić information content (AvgIpc) is 2.89. The summed E-state index contributed by atoms with van der Waals surface area (Å²) in [5.74, 6) is 3.06. The molecule has 0 aliphatic carbocycles. The van der Waals surface area contributed by atoms with Gasteiger partial charge in [-0.1, -0.05) is 13.0 Å². The maximum absolute atomic E-state index is 4.33. The minimum absolute atomic E-state index is 0.756. The van der Waals surface area contributed by atoms with Crippen molar-refractivity contribution >= 4 is 11.3 Å². The van der Waals surface area contributed by atoms with Gasteiger partial charge in [0.2, 0.25) is 0 Å². The molecule has 2 aromatic rings. The summed E-state index contributed by atoms with van der Waals surface area (Å²) >= 11 is 1.79. The van der Waals surface area contributed by atoms with Crippen LogP contribution in [-0.2, 0) is 19.4 Å². The molecule has 4 heteroatoms. The standard InChI is InChI=1S/C12H15N3S/c1-9-4-5-15-11(7-9)13-14-12(15)8-10-3-2-6-16-10/h2-3,6,9H,4-5,7-8H2,1H3. The zero-order chi connectivity index (χ0) is 11.0. The van der Waals surface area contributed by atoms with E-state index in [1.54, 1.807) is 11.3 Å². The van der Waals surface area contributed by atoms with E-state index < -0.39 is 0 Å². The maximum Gasteiger partial charge on any atom is 0.138 e. The van der Waals surface area contributed by atoms with E-state index in [-0.39, 0.29) is 0 Å². The Morgan fingerprint density at radius 2 is 2.44 bits per heavy atom. The third kappa shape index (κ3) is 1.78. The molecular weight excluding hydrogens is 218 g/mol. The van der Waals surface area contributed by atoms with Gasteiger partial charge >= 0.3 is 0 Å². The van der Waals surface area contributed by atoms with Crippen LogP contribution >= 0.6 is 11.3 Å². The summed E-state index contributed by atoms with van der Waals surface area (Å²) in [5.41, 5.74) is 0. The minimum atomic E-state index is 0.756. The van der Waals surface area contributed by atoms with E-state index in [1.165, 1.54) is 17.1 Å². The number of thiophene rings is 1. The number of fused-ring (bicyclic) bond motifs is 1. The van der Waals surface area contributed by atoms with E-state index in [0.29, 0.717) is 0 Å². The van der Waals surface area contributed by atoms with E-state index >= 15 is 0 Å². The summed E-state index contributed by atoms with van der Waals surface area (Å²) in [6.45, 7) is 3.38. The molecule has 2 aromatic heterocycles. The van der Waals surface area contributed by atoms with Gasteiger partial charge in [0.1, 0.15) is 11.6 Å². The first-order valence-corrected chi connectivity index (χ1v) is 6.64. The topological polar surface area (TPSA) is 30.7 Å². The van der Waals surface area contributed by atoms with Gasteiger partial charge in [-0.05, 0) is 23.8 Å². The second-order valence-corrected chi connectivity index (χ2v) is 5.57. The van der Waals surface area contributed by atoms with Crippen LogP contribution in [-0.4, -0.2) is 14.8 Å². The Morgan fingerprint density at radius 3 is 3.25 bits per heavy atom. The zero-order valence-electron chi connectivity index (χ0n) is 9.39. The lowest BCUT2D eigenvalue weighted by atomic mass is 10.0. The molecule has 0 spiro atoms. The van der Waals surface area contributed by atoms with Crippen LogP contribution in [0.3, 0.4) is 0 Å². The molecule has 3 rings (SSSR count). The molecule has 0 saturated carbocycles. The summed E-state index contributed by atoms with van der Waals surface area (Å²) in [4.78, 5) is 1.37. The van der Waals surface area contributed by atoms with Crippen molar-refractivity contribution in [3.8, 4) is 0 Å². The van der Waals surface area contributed by atoms with Crippen LogP contribution < -0.4 is 0 Å². The highest BCUT2D eigenvalue weighted by molar-refractivity contribution is 7.09. The molecule has 0 fully saturated rings. The second-order valence-electron chi connectivity index (χ2n) is 4.54. The van der Waals surface area contributed by atoms with Crippen LogP contribution in [0.1, 0.15) is 29.9 Å². The average molecular weight is 233 g/mol. The van der Waals surface area contributed by atoms with Crippen LogP contribution in [0, 0.1) is 5.92 Å². The SMILES string of the molecule is CC1CCn2c(Cc3cccs3)nnc2C1. The molecule has 1 unspecified atom stereocenters. The smallest absolute Gasteiger partial charge is 0.138 e. The quantitative estimate of drug-likeness (QED) is 0.798. The maximum atomic E-state index is 4.33. The molecule has 3 nitrogen and oxygen atoms in total. The van der Waals surface area contributed by atoms with Crippen molar-refractivity contribution in [3.63, 3.8) is 0 Å². The van der Waals surface area contributed by atoms with E-state index in [9.17, 15) is 0 Å². The summed E-state index contributed by atoms with van der Waals surface area (Å²) in [6.07, 6.45) is 3.26. The third-order valence-corrected chi connectivity index (χ3v) is 4.07. The largest absolute Gasteiger partial charge is 0.315 e. The molecule has 0 aromatic carbocycles. The fourth-order valence-electron chi connectivity index (χ4n) is 2.24. The molecule has 1 aliphatic rings. The third-order valence-electron chi connectivity index (χ3n) is 3.19. The van der Waals surface area contributed by atoms with Gasteiger partial charge in [0, 0.05) is 24.3 Å². The van der Waals surface area contributed by atoms with Crippen LogP contribution in [0.25, 0.3) is 0 Å². The van der Waals surface area contributed by atoms with Gasteiger partial charge < -0.3 is 4.57 Å². The normalized spacial score (nSPS) is 19.7. The van der Waals surface area contributed by atoms with Gasteiger partial charge in [-0.15, -0.1) is 21.5 Å². The first-order chi connectivity index (χ1) is 7.83. The summed E-state index contributed by atoms with van der Waals surface area (Å²) in [6, 6.07) is 4.26. The molecule has 0 bridgehead atoms. The van der Waals surface area contributed by atoms with E-state index in [4.69, 9.17) is 0 Å². The Labute approximate surface area is 99.1 Å². The summed E-state index contributed by atoms with van der Waals surface area (Å²) in [7, 11) is 0. The van der Waals surface area contributed by atoms with Crippen molar-refractivity contribution in [1.29, 1.82) is 0 Å². The van der Waals surface area contributed by atoms with E-state index in [0.717, 1.165) is 31.1 Å². The number of hydrogen-bond acceptors (Lipinski definition) is 3. The lowest BCUT2D eigenvalue weighted by Crippen LogP contribution is -2.19. The Balaban J connectivity index is 1.86. The molecule has 1 aliphatic heterocycles. The van der Waals surface area contributed by atoms with Gasteiger partial charge in [0.25, 0.3) is 0 Å². The van der Waals surface area contributed by atoms with Gasteiger partial charge in [-0.25, -0.2) is 0 Å². The second kappa shape index (κ2) is 4.01. The van der Waals surface area contributed by atoms with Crippen molar-refractivity contribution in [2.45, 2.75) is 32.7 Å². The number of hydrogen-bond donors (Lipinski definition) is 0. The fourth-order valence-corrected chi connectivity index (χ4v) is 2.95. The monoisotopic (exact) mass is 233 g/mol. The van der Waals surface area contributed by atoms with Crippen LogP contribution in [0.4, 0.5) is 0 Å². The summed E-state index contributed by atoms with van der Waals surface area (Å²) in [5, 5.41) is 10.7. The Morgan fingerprint density at radius 1 is 1.50 bits per heavy atom. The van der Waals surface area contributed by atoms with E-state index in [1.807, 2.05) is 0 Å². The highest BCUT2D eigenvalue weighted by atomic mass is 32.1. The number of aromatic nitrogens is 3. The Hall–Kier alpha value is -1.16. The van der Waals surface area contributed by atoms with Gasteiger partial charge in [-0.3, -0.25) is 0 Å². The fraction of sp³-hybridized carbons (Fsp3) is 0.500. The molecule has 0 amide bonds. The van der Waals surface area contributed by atoms with Crippen molar-refractivity contribution in [3.05, 3.63) is 34.0 Å². The lowest BCUT2D eigenvalue weighted by Gasteiger charge is -2.20. The predicted octanol–water partition coefficient (Wildman–Crippen LogP) is 2.51. The highest BCUT2D eigenvalue weighted by Crippen LogP contribution is 2.21. The number of rotatable bonds is 2. The van der Waals surface area contributed by atoms with Crippen LogP contribution in [0.5, 0.6) is 0 Å². The first kappa shape index (κ1) is 10.0. The molecule has 16 heavy (non-hydrogen) atoms. The molecular formula is C12H15N3S. The van der Waals surface area contributed by atoms with Crippen molar-refractivity contribution in [2.75, 3.05) is 0 Å². The molecule has 0 N–H and O–H groups in total. The summed E-state index contributed by atoms with van der Waals surface area (Å²) < 4.78 is 2.31. The molecule has 84 valence electrons. The van der Waals surface area contributed by atoms with Crippen molar-refractivity contribution < 1.29 is 0 Å². The molecule has 0 saturated heterocycles. The minimum Gasteiger partial charge on any atom is -0.315 e. The van der Waals surface area contributed by atoms with Gasteiger partial charge in [0.15, 0.2) is 0 Å². The highest BCUT2D eigenvalue weighted by Gasteiger charge is 2.20. The Bertz CT molecular complexity index is 472. The lowest BCUT2D eigenvalue weighted by molar-refractivity contribution is 0.404. The Kier molecular flexibility index (Phi) is 2.52. The van der Waals surface area contributed by atoms with Crippen molar-refractivity contribution in [2.24, 2.45) is 5.92 Å². The van der Waals surface area contributed by atoms with Gasteiger partial charge in [-0.2, -0.15) is 0 Å². The zero-order valence-corrected chi connectivity index (χ0v) is 10.2. The predicted molar refractivity (Wildman–Crippen MR) is 64.6 cm³/mol. The molecule has 0 radical (unpaired) electrons. The van der Waals surface area contributed by atoms with Crippen molar-refractivity contribution in [1.82, 2.24) is 14.8 Å². The number of nitrogens with zero attached hydrogens (tertiary/aromatic N) is 3. The molecule has 3 heterocycles.